The standard InChI is InChI=1S/C41H62N12O7/c1-2-3-18-34(54)50-32(37(44)57)23-35(55)47-19-10-9-16-30(36(43)56)51-40(60)33(22-26-24-49-29-15-8-7-14-27(26)29)53-39(59)31(17-11-20-48-41(45)46)52-38(58)28(42)21-25-12-5-4-6-13-25/h4-6,8,12-13,15,24,28,30-33,49H,2-3,7,9-11,14,16-23,42H2,1H3,(H2,43,56)(H2,44,57)(H,47,55)(H,50,54)(H,51,60)(H,52,58)(H,53,59)(H4,45,46,48)/p+1/t28?,30-,31-,32?,33?/m0/s1. The van der Waals surface area contributed by atoms with Crippen LogP contribution in [0.2, 0.25) is 0 Å². The number of hydrogen-bond acceptors (Lipinski definition) is 8. The average molecular weight is 836 g/mol. The lowest BCUT2D eigenvalue weighted by Gasteiger charge is -2.26. The van der Waals surface area contributed by atoms with Gasteiger partial charge in [-0.15, -0.1) is 0 Å². The molecule has 0 saturated carbocycles. The fraction of sp³-hybridized carbons (Fsp3) is 0.512. The number of carbonyl (C=O) groups excluding carboxylic acids is 7. The molecule has 60 heavy (non-hydrogen) atoms. The summed E-state index contributed by atoms with van der Waals surface area (Å²) in [5.41, 5.74) is 32.0. The summed E-state index contributed by atoms with van der Waals surface area (Å²) in [4.78, 5) is 96.4. The number of carbonyl (C=O) groups is 7. The molecule has 328 valence electrons. The van der Waals surface area contributed by atoms with E-state index in [1.54, 1.807) is 6.20 Å². The van der Waals surface area contributed by atoms with Crippen molar-refractivity contribution in [3.05, 3.63) is 65.0 Å². The van der Waals surface area contributed by atoms with E-state index in [9.17, 15) is 33.6 Å². The zero-order valence-electron chi connectivity index (χ0n) is 34.4. The predicted molar refractivity (Wildman–Crippen MR) is 226 cm³/mol. The van der Waals surface area contributed by atoms with Gasteiger partial charge in [0.15, 0.2) is 0 Å². The minimum atomic E-state index is -1.19. The second-order valence-corrected chi connectivity index (χ2v) is 14.9. The molecule has 0 spiro atoms. The molecule has 2 aromatic rings. The fourth-order valence-corrected chi connectivity index (χ4v) is 6.66. The van der Waals surface area contributed by atoms with Gasteiger partial charge in [-0.3, -0.25) is 50.0 Å². The summed E-state index contributed by atoms with van der Waals surface area (Å²) in [6, 6.07) is 3.67. The van der Waals surface area contributed by atoms with Crippen LogP contribution < -0.4 is 60.2 Å². The molecule has 1 aliphatic carbocycles. The quantitative estimate of drug-likeness (QED) is 0.0246. The maximum atomic E-state index is 14.0. The van der Waals surface area contributed by atoms with Gasteiger partial charge in [0.2, 0.25) is 41.4 Å². The number of amides is 7. The highest BCUT2D eigenvalue weighted by molar-refractivity contribution is 5.95. The first kappa shape index (κ1) is 48.1. The SMILES string of the molecule is CCCCC(=O)NC(CC(=O)NCCCC[C@H](NC(=O)C(Cc1c[nH]c2c1CCC=C2)NC(=O)[C@H](CCC[NH+]=C(N)N)NC(=O)C(N)Cc1ccccc1)C(N)=O)C(N)=O. The molecule has 0 fully saturated rings. The van der Waals surface area contributed by atoms with Crippen LogP contribution >= 0.6 is 0 Å². The maximum absolute atomic E-state index is 14.0. The Morgan fingerprint density at radius 1 is 0.750 bits per heavy atom. The average Bonchev–Trinajstić information content (AvgIpc) is 3.62. The summed E-state index contributed by atoms with van der Waals surface area (Å²) in [6.07, 6.45) is 10.2. The minimum absolute atomic E-state index is 0.00165. The largest absolute Gasteiger partial charge is 0.368 e. The van der Waals surface area contributed by atoms with Crippen LogP contribution in [0, 0.1) is 0 Å². The first-order chi connectivity index (χ1) is 28.7. The van der Waals surface area contributed by atoms with E-state index in [0.717, 1.165) is 41.6 Å². The smallest absolute Gasteiger partial charge is 0.338 e. The van der Waals surface area contributed by atoms with Crippen LogP contribution in [-0.2, 0) is 52.8 Å². The summed E-state index contributed by atoms with van der Waals surface area (Å²) < 4.78 is 0. The van der Waals surface area contributed by atoms with Gasteiger partial charge >= 0.3 is 5.96 Å². The predicted octanol–water partition coefficient (Wildman–Crippen LogP) is -3.00. The number of rotatable bonds is 27. The molecule has 0 saturated heterocycles. The number of guanidine groups is 1. The highest BCUT2D eigenvalue weighted by atomic mass is 16.2. The van der Waals surface area contributed by atoms with Gasteiger partial charge < -0.3 is 48.8 Å². The number of fused-ring (bicyclic) bond motifs is 1. The van der Waals surface area contributed by atoms with Crippen molar-refractivity contribution < 1.29 is 38.6 Å². The van der Waals surface area contributed by atoms with Gasteiger partial charge in [0.25, 0.3) is 0 Å². The second kappa shape index (κ2) is 25.3. The molecule has 7 amide bonds. The van der Waals surface area contributed by atoms with Crippen molar-refractivity contribution in [1.82, 2.24) is 31.6 Å². The number of allylic oxidation sites excluding steroid dienone is 1. The number of aromatic amines is 1. The molecule has 0 radical (unpaired) electrons. The van der Waals surface area contributed by atoms with Gasteiger partial charge in [0.1, 0.15) is 24.2 Å². The second-order valence-electron chi connectivity index (χ2n) is 14.9. The lowest BCUT2D eigenvalue weighted by atomic mass is 9.95. The van der Waals surface area contributed by atoms with Gasteiger partial charge in [-0.2, -0.15) is 0 Å². The van der Waals surface area contributed by atoms with Crippen molar-refractivity contribution in [1.29, 1.82) is 0 Å². The molecule has 1 aromatic heterocycles. The first-order valence-corrected chi connectivity index (χ1v) is 20.5. The van der Waals surface area contributed by atoms with E-state index in [4.69, 9.17) is 28.7 Å². The van der Waals surface area contributed by atoms with Gasteiger partial charge in [0, 0.05) is 31.3 Å². The Balaban J connectivity index is 1.69. The number of nitrogens with one attached hydrogen (secondary N) is 7. The Bertz CT molecular complexity index is 1830. The normalized spacial score (nSPS) is 14.2. The van der Waals surface area contributed by atoms with Crippen molar-refractivity contribution in [2.45, 2.75) is 121 Å². The number of primary amides is 2. The zero-order valence-corrected chi connectivity index (χ0v) is 34.4. The number of aromatic nitrogens is 1. The molecule has 19 nitrogen and oxygen atoms in total. The van der Waals surface area contributed by atoms with E-state index in [1.165, 1.54) is 0 Å². The molecular formula is C41H63N12O7+. The van der Waals surface area contributed by atoms with Gasteiger partial charge in [0.05, 0.1) is 19.0 Å². The van der Waals surface area contributed by atoms with Crippen molar-refractivity contribution in [3.63, 3.8) is 0 Å². The van der Waals surface area contributed by atoms with Crippen molar-refractivity contribution in [2.24, 2.45) is 28.7 Å². The summed E-state index contributed by atoms with van der Waals surface area (Å²) in [7, 11) is 0. The van der Waals surface area contributed by atoms with Crippen LogP contribution in [0.5, 0.6) is 0 Å². The Morgan fingerprint density at radius 2 is 1.42 bits per heavy atom. The van der Waals surface area contributed by atoms with Gasteiger partial charge in [-0.05, 0) is 80.6 Å². The van der Waals surface area contributed by atoms with E-state index in [2.05, 4.69) is 36.6 Å². The van der Waals surface area contributed by atoms with E-state index in [0.29, 0.717) is 32.2 Å². The van der Waals surface area contributed by atoms with Crippen molar-refractivity contribution in [3.8, 4) is 0 Å². The van der Waals surface area contributed by atoms with Crippen LogP contribution in [-0.4, -0.2) is 95.6 Å². The van der Waals surface area contributed by atoms with Gasteiger partial charge in [-0.25, -0.2) is 0 Å². The van der Waals surface area contributed by atoms with Gasteiger partial charge in [-0.1, -0.05) is 49.8 Å². The lowest BCUT2D eigenvalue weighted by Crippen LogP contribution is -2.78. The van der Waals surface area contributed by atoms with Crippen molar-refractivity contribution >= 4 is 53.4 Å². The summed E-state index contributed by atoms with van der Waals surface area (Å²) in [5, 5.41) is 13.4. The minimum Gasteiger partial charge on any atom is -0.368 e. The Hall–Kier alpha value is -6.24. The third-order valence-electron chi connectivity index (χ3n) is 10.0. The third kappa shape index (κ3) is 16.9. The van der Waals surface area contributed by atoms with Crippen LogP contribution in [0.1, 0.15) is 93.5 Å². The first-order valence-electron chi connectivity index (χ1n) is 20.5. The molecule has 0 aliphatic heterocycles. The molecule has 3 unspecified atom stereocenters. The lowest BCUT2D eigenvalue weighted by molar-refractivity contribution is -0.459. The van der Waals surface area contributed by atoms with Crippen LogP contribution in [0.25, 0.3) is 6.08 Å². The highest BCUT2D eigenvalue weighted by Crippen LogP contribution is 2.23. The molecule has 1 heterocycles. The highest BCUT2D eigenvalue weighted by Gasteiger charge is 2.31. The van der Waals surface area contributed by atoms with Crippen molar-refractivity contribution in [2.75, 3.05) is 13.1 Å². The molecule has 3 rings (SSSR count). The Labute approximate surface area is 350 Å². The fourth-order valence-electron chi connectivity index (χ4n) is 6.66. The van der Waals surface area contributed by atoms with E-state index < -0.39 is 65.7 Å². The number of nitrogens with two attached hydrogens (primary N) is 5. The Kier molecular flexibility index (Phi) is 20.3. The molecule has 17 N–H and O–H groups in total. The van der Waals surface area contributed by atoms with E-state index in [1.807, 2.05) is 49.4 Å². The molecule has 1 aliphatic rings. The van der Waals surface area contributed by atoms with Crippen LogP contribution in [0.4, 0.5) is 0 Å². The van der Waals surface area contributed by atoms with Crippen LogP contribution in [0.15, 0.2) is 42.6 Å². The maximum Gasteiger partial charge on any atom is 0.338 e. The summed E-state index contributed by atoms with van der Waals surface area (Å²) in [6.45, 7) is 2.40. The molecular weight excluding hydrogens is 773 g/mol. The summed E-state index contributed by atoms with van der Waals surface area (Å²) in [5.74, 6) is -4.37. The third-order valence-corrected chi connectivity index (χ3v) is 10.0. The number of benzene rings is 1. The number of unbranched alkanes of at least 4 members (excludes halogenated alkanes) is 2. The monoisotopic (exact) mass is 835 g/mol. The zero-order chi connectivity index (χ0) is 44.0. The molecule has 1 aromatic carbocycles. The summed E-state index contributed by atoms with van der Waals surface area (Å²) >= 11 is 0. The number of hydrogen-bond donors (Lipinski definition) is 12. The topological polar surface area (TPSA) is 340 Å². The number of H-pyrrole nitrogens is 1. The van der Waals surface area contributed by atoms with Crippen LogP contribution in [0.3, 0.4) is 0 Å². The molecule has 5 atom stereocenters. The molecule has 0 bridgehead atoms. The van der Waals surface area contributed by atoms with E-state index in [-0.39, 0.29) is 56.9 Å². The Morgan fingerprint density at radius 3 is 2.10 bits per heavy atom. The van der Waals surface area contributed by atoms with E-state index >= 15 is 0 Å². The molecule has 19 heteroatoms.